The molecular weight excluding hydrogens is 536 g/mol. The zero-order valence-electron chi connectivity index (χ0n) is 26.7. The van der Waals surface area contributed by atoms with Gasteiger partial charge in [0.25, 0.3) is 0 Å². The van der Waals surface area contributed by atoms with E-state index in [1.165, 1.54) is 128 Å². The molecule has 0 aromatic heterocycles. The van der Waals surface area contributed by atoms with Crippen molar-refractivity contribution in [1.29, 1.82) is 0 Å². The second kappa shape index (κ2) is 36.2. The van der Waals surface area contributed by atoms with Crippen molar-refractivity contribution in [3.05, 3.63) is 24.3 Å². The Labute approximate surface area is 260 Å². The van der Waals surface area contributed by atoms with Crippen LogP contribution in [0.3, 0.4) is 0 Å². The van der Waals surface area contributed by atoms with Gasteiger partial charge in [0.15, 0.2) is 0 Å². The minimum Gasteiger partial charge on any atom is -0.393 e. The van der Waals surface area contributed by atoms with Gasteiger partial charge in [-0.2, -0.15) is 0 Å². The summed E-state index contributed by atoms with van der Waals surface area (Å²) in [6.45, 7) is 4.53. The Balaban J connectivity index is 0. The van der Waals surface area contributed by atoms with E-state index in [4.69, 9.17) is 4.74 Å². The predicted octanol–water partition coefficient (Wildman–Crippen LogP) is 12.1. The van der Waals surface area contributed by atoms with E-state index in [9.17, 15) is 9.59 Å². The normalized spacial score (nSPS) is 11.3. The van der Waals surface area contributed by atoms with Crippen LogP contribution in [0.4, 0.5) is 0 Å². The molecule has 0 unspecified atom stereocenters. The fourth-order valence-corrected chi connectivity index (χ4v) is 4.91. The van der Waals surface area contributed by atoms with Crippen LogP contribution in [-0.2, 0) is 31.4 Å². The van der Waals surface area contributed by atoms with Gasteiger partial charge in [-0.05, 0) is 64.2 Å². The second-order valence-corrected chi connectivity index (χ2v) is 11.5. The average molecular weight is 603 g/mol. The molecule has 0 saturated carbocycles. The van der Waals surface area contributed by atoms with E-state index in [0.717, 1.165) is 38.5 Å². The molecule has 0 aliphatic carbocycles. The Morgan fingerprint density at radius 3 is 0.950 bits per heavy atom. The van der Waals surface area contributed by atoms with Gasteiger partial charge in [-0.25, -0.2) is 0 Å². The Morgan fingerprint density at radius 2 is 0.650 bits per heavy atom. The summed E-state index contributed by atoms with van der Waals surface area (Å²) < 4.78 is 4.99. The molecule has 4 heteroatoms. The summed E-state index contributed by atoms with van der Waals surface area (Å²) in [5, 5.41) is 0. The van der Waals surface area contributed by atoms with E-state index in [2.05, 4.69) is 38.2 Å². The van der Waals surface area contributed by atoms with E-state index in [0.29, 0.717) is 12.8 Å². The molecule has 0 rings (SSSR count). The molecule has 0 aromatic carbocycles. The molecule has 0 fully saturated rings. The number of ether oxygens (including phenoxy) is 1. The molecule has 0 saturated heterocycles. The number of hydrogen-bond acceptors (Lipinski definition) is 3. The van der Waals surface area contributed by atoms with Gasteiger partial charge in [0, 0.05) is 29.9 Å². The molecule has 236 valence electrons. The fourth-order valence-electron chi connectivity index (χ4n) is 4.91. The molecule has 3 nitrogen and oxygen atoms in total. The largest absolute Gasteiger partial charge is 0.393 e. The van der Waals surface area contributed by atoms with Gasteiger partial charge in [-0.15, -0.1) is 0 Å². The Bertz CT molecular complexity index is 535. The van der Waals surface area contributed by atoms with Gasteiger partial charge in [-0.1, -0.05) is 141 Å². The van der Waals surface area contributed by atoms with E-state index < -0.39 is 0 Å². The minimum absolute atomic E-state index is 0. The molecule has 0 aliphatic heterocycles. The summed E-state index contributed by atoms with van der Waals surface area (Å²) in [6.07, 6.45) is 42.2. The molecular formula is C36H66FeO3. The maximum absolute atomic E-state index is 11.9. The van der Waals surface area contributed by atoms with Gasteiger partial charge in [0.05, 0.1) is 0 Å². The molecule has 0 heterocycles. The number of unbranched alkanes of at least 4 members (excludes halogenated alkanes) is 22. The maximum Gasteiger partial charge on any atom is 0.313 e. The van der Waals surface area contributed by atoms with Gasteiger partial charge in [0.1, 0.15) is 0 Å². The van der Waals surface area contributed by atoms with Crippen molar-refractivity contribution < 1.29 is 31.4 Å². The molecule has 0 aromatic rings. The number of allylic oxidation sites excluding steroid dienone is 4. The SMILES string of the molecule is CCCCCCCC/C=C\CCCCCCCC(=O)OC(=O)CCCCCCC/C=C\CCCCCCCC.[Fe]. The number of carbonyl (C=O) groups excluding carboxylic acids is 2. The third kappa shape index (κ3) is 35.2. The molecule has 0 radical (unpaired) electrons. The third-order valence-corrected chi connectivity index (χ3v) is 7.51. The van der Waals surface area contributed by atoms with Crippen LogP contribution in [0.25, 0.3) is 0 Å². The van der Waals surface area contributed by atoms with Gasteiger partial charge in [0.2, 0.25) is 0 Å². The van der Waals surface area contributed by atoms with Crippen LogP contribution < -0.4 is 0 Å². The van der Waals surface area contributed by atoms with Crippen LogP contribution in [0, 0.1) is 0 Å². The van der Waals surface area contributed by atoms with Crippen molar-refractivity contribution >= 4 is 11.9 Å². The average Bonchev–Trinajstić information content (AvgIpc) is 2.93. The Kier molecular flexibility index (Phi) is 37.3. The minimum atomic E-state index is -0.342. The van der Waals surface area contributed by atoms with Crippen molar-refractivity contribution in [2.24, 2.45) is 0 Å². The van der Waals surface area contributed by atoms with Gasteiger partial charge < -0.3 is 4.74 Å². The van der Waals surface area contributed by atoms with Crippen molar-refractivity contribution in [3.8, 4) is 0 Å². The number of esters is 2. The van der Waals surface area contributed by atoms with Crippen molar-refractivity contribution in [2.45, 2.75) is 194 Å². The molecule has 0 spiro atoms. The monoisotopic (exact) mass is 602 g/mol. The Morgan fingerprint density at radius 1 is 0.400 bits per heavy atom. The zero-order chi connectivity index (χ0) is 28.5. The molecule has 0 bridgehead atoms. The maximum atomic E-state index is 11.9. The van der Waals surface area contributed by atoms with E-state index >= 15 is 0 Å². The van der Waals surface area contributed by atoms with Gasteiger partial charge >= 0.3 is 11.9 Å². The Hall–Kier alpha value is -0.861. The molecule has 0 aliphatic rings. The van der Waals surface area contributed by atoms with Crippen molar-refractivity contribution in [1.82, 2.24) is 0 Å². The summed E-state index contributed by atoms with van der Waals surface area (Å²) in [6, 6.07) is 0. The standard InChI is InChI=1S/C36H66O3.Fe/c1-3-5-7-9-11-13-15-17-19-21-23-25-27-29-31-33-35(37)39-36(38)34-32-30-28-26-24-22-20-18-16-14-12-10-8-6-4-2;/h17-20H,3-16,21-34H2,1-2H3;/b19-17-,20-18-;. The molecule has 0 N–H and O–H groups in total. The van der Waals surface area contributed by atoms with Crippen LogP contribution in [0.5, 0.6) is 0 Å². The summed E-state index contributed by atoms with van der Waals surface area (Å²) in [5.41, 5.74) is 0. The zero-order valence-corrected chi connectivity index (χ0v) is 27.8. The van der Waals surface area contributed by atoms with Gasteiger partial charge in [-0.3, -0.25) is 9.59 Å². The van der Waals surface area contributed by atoms with Crippen LogP contribution in [0.2, 0.25) is 0 Å². The topological polar surface area (TPSA) is 43.4 Å². The second-order valence-electron chi connectivity index (χ2n) is 11.5. The number of rotatable bonds is 30. The first-order valence-electron chi connectivity index (χ1n) is 17.2. The molecule has 0 amide bonds. The fraction of sp³-hybridized carbons (Fsp3) is 0.833. The third-order valence-electron chi connectivity index (χ3n) is 7.51. The first kappa shape index (κ1) is 41.3. The van der Waals surface area contributed by atoms with Crippen molar-refractivity contribution in [3.63, 3.8) is 0 Å². The molecule has 40 heavy (non-hydrogen) atoms. The molecule has 0 atom stereocenters. The van der Waals surface area contributed by atoms with Crippen LogP contribution in [-0.4, -0.2) is 11.9 Å². The van der Waals surface area contributed by atoms with Crippen molar-refractivity contribution in [2.75, 3.05) is 0 Å². The summed E-state index contributed by atoms with van der Waals surface area (Å²) in [4.78, 5) is 23.8. The summed E-state index contributed by atoms with van der Waals surface area (Å²) in [7, 11) is 0. The van der Waals surface area contributed by atoms with Crippen LogP contribution >= 0.6 is 0 Å². The first-order valence-corrected chi connectivity index (χ1v) is 17.2. The van der Waals surface area contributed by atoms with Crippen LogP contribution in [0.15, 0.2) is 24.3 Å². The smallest absolute Gasteiger partial charge is 0.313 e. The van der Waals surface area contributed by atoms with E-state index in [1.807, 2.05) is 0 Å². The van der Waals surface area contributed by atoms with Crippen LogP contribution in [0.1, 0.15) is 194 Å². The predicted molar refractivity (Wildman–Crippen MR) is 170 cm³/mol. The quantitative estimate of drug-likeness (QED) is 0.0270. The number of hydrogen-bond donors (Lipinski definition) is 0. The summed E-state index contributed by atoms with van der Waals surface area (Å²) >= 11 is 0. The number of carbonyl (C=O) groups is 2. The first-order chi connectivity index (χ1) is 19.2. The van der Waals surface area contributed by atoms with E-state index in [1.54, 1.807) is 0 Å². The summed E-state index contributed by atoms with van der Waals surface area (Å²) in [5.74, 6) is -0.684. The van der Waals surface area contributed by atoms with E-state index in [-0.39, 0.29) is 29.0 Å².